The average Bonchev–Trinajstić information content (AvgIpc) is 2.57. The van der Waals surface area contributed by atoms with Crippen molar-refractivity contribution < 1.29 is 4.79 Å². The van der Waals surface area contributed by atoms with Crippen LogP contribution < -0.4 is 16.0 Å². The predicted molar refractivity (Wildman–Crippen MR) is 97.7 cm³/mol. The summed E-state index contributed by atoms with van der Waals surface area (Å²) >= 11 is 0. The first-order valence-electron chi connectivity index (χ1n) is 7.76. The van der Waals surface area contributed by atoms with Gasteiger partial charge in [-0.2, -0.15) is 0 Å². The molecule has 3 aromatic rings. The second-order valence-corrected chi connectivity index (χ2v) is 5.71. The summed E-state index contributed by atoms with van der Waals surface area (Å²) in [6.45, 7) is 4.06. The largest absolute Gasteiger partial charge is 0.379 e. The first kappa shape index (κ1) is 15.7. The zero-order chi connectivity index (χ0) is 16.9. The number of rotatable bonds is 6. The van der Waals surface area contributed by atoms with E-state index >= 15 is 0 Å². The normalized spacial score (nSPS) is 10.6. The van der Waals surface area contributed by atoms with Crippen molar-refractivity contribution in [2.24, 2.45) is 0 Å². The number of aromatic nitrogens is 2. The highest BCUT2D eigenvalue weighted by Crippen LogP contribution is 2.30. The van der Waals surface area contributed by atoms with Crippen molar-refractivity contribution in [3.63, 3.8) is 0 Å². The first-order valence-corrected chi connectivity index (χ1v) is 7.76. The molecule has 3 N–H and O–H groups in total. The van der Waals surface area contributed by atoms with Gasteiger partial charge in [0, 0.05) is 22.8 Å². The van der Waals surface area contributed by atoms with E-state index in [1.54, 1.807) is 0 Å². The van der Waals surface area contributed by atoms with E-state index in [9.17, 15) is 4.79 Å². The van der Waals surface area contributed by atoms with Gasteiger partial charge in [0.05, 0.1) is 11.2 Å². The molecule has 6 heteroatoms. The predicted octanol–water partition coefficient (Wildman–Crippen LogP) is 3.76. The van der Waals surface area contributed by atoms with Gasteiger partial charge in [-0.05, 0) is 44.2 Å². The van der Waals surface area contributed by atoms with Gasteiger partial charge in [0.2, 0.25) is 6.41 Å². The molecule has 3 rings (SSSR count). The molecule has 1 heterocycles. The molecule has 6 nitrogen and oxygen atoms in total. The minimum absolute atomic E-state index is 0.201. The molecule has 122 valence electrons. The Hall–Kier alpha value is -3.15. The van der Waals surface area contributed by atoms with Gasteiger partial charge >= 0.3 is 0 Å². The number of benzene rings is 2. The van der Waals surface area contributed by atoms with Crippen molar-refractivity contribution in [1.82, 2.24) is 10.2 Å². The molecule has 0 aliphatic rings. The molecule has 0 radical (unpaired) electrons. The smallest absolute Gasteiger partial charge is 0.212 e. The maximum atomic E-state index is 10.8. The number of nitrogens with one attached hydrogen (secondary N) is 3. The Morgan fingerprint density at radius 2 is 1.79 bits per heavy atom. The van der Waals surface area contributed by atoms with Crippen molar-refractivity contribution in [3.8, 4) is 0 Å². The monoisotopic (exact) mass is 321 g/mol. The van der Waals surface area contributed by atoms with Crippen LogP contribution in [0, 0.1) is 0 Å². The van der Waals surface area contributed by atoms with Gasteiger partial charge in [-0.15, -0.1) is 10.2 Å². The lowest BCUT2D eigenvalue weighted by Crippen LogP contribution is -2.13. The fraction of sp³-hybridized carbons (Fsp3) is 0.167. The Bertz CT molecular complexity index is 849. The minimum atomic E-state index is 0.201. The molecule has 0 aliphatic carbocycles. The van der Waals surface area contributed by atoms with Gasteiger partial charge in [-0.3, -0.25) is 4.79 Å². The van der Waals surface area contributed by atoms with Gasteiger partial charge in [0.15, 0.2) is 5.82 Å². The molecular formula is C18H19N5O. The molecule has 1 aromatic heterocycles. The lowest BCUT2D eigenvalue weighted by Gasteiger charge is -2.16. The van der Waals surface area contributed by atoms with Crippen molar-refractivity contribution in [2.75, 3.05) is 16.0 Å². The van der Waals surface area contributed by atoms with Crippen LogP contribution in [-0.2, 0) is 4.79 Å². The molecule has 0 bridgehead atoms. The second kappa shape index (κ2) is 6.95. The first-order chi connectivity index (χ1) is 11.7. The lowest BCUT2D eigenvalue weighted by atomic mass is 10.1. The van der Waals surface area contributed by atoms with Gasteiger partial charge in [0.1, 0.15) is 0 Å². The average molecular weight is 321 g/mol. The molecular weight excluding hydrogens is 302 g/mol. The molecule has 2 aromatic carbocycles. The molecule has 1 amide bonds. The molecule has 24 heavy (non-hydrogen) atoms. The van der Waals surface area contributed by atoms with Crippen molar-refractivity contribution in [1.29, 1.82) is 0 Å². The van der Waals surface area contributed by atoms with Gasteiger partial charge < -0.3 is 16.0 Å². The number of para-hydroxylation sites is 1. The highest BCUT2D eigenvalue weighted by atomic mass is 16.1. The third-order valence-electron chi connectivity index (χ3n) is 3.45. The Morgan fingerprint density at radius 1 is 1.00 bits per heavy atom. The van der Waals surface area contributed by atoms with Crippen LogP contribution in [0.25, 0.3) is 10.9 Å². The van der Waals surface area contributed by atoms with Crippen LogP contribution in [-0.4, -0.2) is 22.6 Å². The number of anilines is 4. The quantitative estimate of drug-likeness (QED) is 0.602. The van der Waals surface area contributed by atoms with E-state index in [-0.39, 0.29) is 6.04 Å². The van der Waals surface area contributed by atoms with E-state index in [1.165, 1.54) is 0 Å². The Kier molecular flexibility index (Phi) is 4.56. The van der Waals surface area contributed by atoms with E-state index < -0.39 is 0 Å². The third-order valence-corrected chi connectivity index (χ3v) is 3.45. The molecule has 0 saturated carbocycles. The molecule has 0 fully saturated rings. The van der Waals surface area contributed by atoms with Crippen LogP contribution in [0.2, 0.25) is 0 Å². The molecule has 0 spiro atoms. The number of amides is 1. The zero-order valence-corrected chi connectivity index (χ0v) is 13.6. The van der Waals surface area contributed by atoms with E-state index in [0.717, 1.165) is 28.0 Å². The van der Waals surface area contributed by atoms with Crippen LogP contribution >= 0.6 is 0 Å². The SMILES string of the molecule is CC(C)Nc1c(NC=O)nnc2cc(Nc3ccccc3)ccc12. The maximum Gasteiger partial charge on any atom is 0.212 e. The highest BCUT2D eigenvalue weighted by Gasteiger charge is 2.12. The van der Waals surface area contributed by atoms with Crippen LogP contribution in [0.3, 0.4) is 0 Å². The maximum absolute atomic E-state index is 10.8. The standard InChI is InChI=1S/C18H19N5O/c1-12(2)20-17-15-9-8-14(21-13-6-4-3-5-7-13)10-16(15)22-23-18(17)19-11-24/h3-12,21H,1-2H3,(H,20,22)(H,19,23,24). The van der Waals surface area contributed by atoms with Crippen molar-refractivity contribution in [3.05, 3.63) is 48.5 Å². The van der Waals surface area contributed by atoms with E-state index in [0.29, 0.717) is 12.2 Å². The number of hydrogen-bond acceptors (Lipinski definition) is 5. The van der Waals surface area contributed by atoms with Crippen LogP contribution in [0.1, 0.15) is 13.8 Å². The fourth-order valence-electron chi connectivity index (χ4n) is 2.46. The zero-order valence-electron chi connectivity index (χ0n) is 13.6. The highest BCUT2D eigenvalue weighted by molar-refractivity contribution is 5.99. The summed E-state index contributed by atoms with van der Waals surface area (Å²) in [7, 11) is 0. The Balaban J connectivity index is 2.01. The Labute approximate surface area is 140 Å². The van der Waals surface area contributed by atoms with Crippen LogP contribution in [0.15, 0.2) is 48.5 Å². The summed E-state index contributed by atoms with van der Waals surface area (Å²) in [6, 6.07) is 16.0. The number of carbonyl (C=O) groups excluding carboxylic acids is 1. The number of carbonyl (C=O) groups is 1. The molecule has 0 saturated heterocycles. The topological polar surface area (TPSA) is 78.9 Å². The molecule has 0 unspecified atom stereocenters. The van der Waals surface area contributed by atoms with Gasteiger partial charge in [-0.25, -0.2) is 0 Å². The van der Waals surface area contributed by atoms with E-state index in [1.807, 2.05) is 62.4 Å². The van der Waals surface area contributed by atoms with Crippen LogP contribution in [0.5, 0.6) is 0 Å². The molecule has 0 aliphatic heterocycles. The van der Waals surface area contributed by atoms with Crippen LogP contribution in [0.4, 0.5) is 22.9 Å². The summed E-state index contributed by atoms with van der Waals surface area (Å²) in [5.74, 6) is 0.426. The third kappa shape index (κ3) is 3.43. The summed E-state index contributed by atoms with van der Waals surface area (Å²) in [4.78, 5) is 10.8. The summed E-state index contributed by atoms with van der Waals surface area (Å²) < 4.78 is 0. The minimum Gasteiger partial charge on any atom is -0.379 e. The fourth-order valence-corrected chi connectivity index (χ4v) is 2.46. The van der Waals surface area contributed by atoms with E-state index in [4.69, 9.17) is 0 Å². The van der Waals surface area contributed by atoms with Crippen molar-refractivity contribution in [2.45, 2.75) is 19.9 Å². The summed E-state index contributed by atoms with van der Waals surface area (Å²) in [5.41, 5.74) is 3.45. The van der Waals surface area contributed by atoms with Gasteiger partial charge in [-0.1, -0.05) is 18.2 Å². The number of fused-ring (bicyclic) bond motifs is 1. The number of hydrogen-bond donors (Lipinski definition) is 3. The lowest BCUT2D eigenvalue weighted by molar-refractivity contribution is -0.105. The summed E-state index contributed by atoms with van der Waals surface area (Å²) in [6.07, 6.45) is 0.604. The van der Waals surface area contributed by atoms with Gasteiger partial charge in [0.25, 0.3) is 0 Å². The Morgan fingerprint density at radius 3 is 2.50 bits per heavy atom. The van der Waals surface area contributed by atoms with Crippen molar-refractivity contribution >= 4 is 40.2 Å². The number of nitrogens with zero attached hydrogens (tertiary/aromatic N) is 2. The summed E-state index contributed by atoms with van der Waals surface area (Å²) in [5, 5.41) is 18.5. The second-order valence-electron chi connectivity index (χ2n) is 5.71. The van der Waals surface area contributed by atoms with E-state index in [2.05, 4.69) is 26.1 Å². The molecule has 0 atom stereocenters.